The molecule has 0 fully saturated rings. The van der Waals surface area contributed by atoms with Crippen LogP contribution in [0.5, 0.6) is 5.75 Å². The zero-order chi connectivity index (χ0) is 15.1. The van der Waals surface area contributed by atoms with E-state index in [0.717, 1.165) is 12.1 Å². The number of hydrogen-bond donors (Lipinski definition) is 2. The van der Waals surface area contributed by atoms with Gasteiger partial charge in [-0.25, -0.2) is 0 Å². The highest BCUT2D eigenvalue weighted by atomic mass is 16.3. The Morgan fingerprint density at radius 2 is 2.10 bits per heavy atom. The molecule has 0 bridgehead atoms. The minimum Gasteiger partial charge on any atom is -0.508 e. The Morgan fingerprint density at radius 1 is 1.50 bits per heavy atom. The lowest BCUT2D eigenvalue weighted by atomic mass is 10.2. The topological polar surface area (TPSA) is 76.4 Å². The minimum absolute atomic E-state index is 0.0261. The number of phenols is 1. The first-order chi connectivity index (χ1) is 9.47. The molecular weight excluding hydrogens is 254 g/mol. The predicted molar refractivity (Wildman–Crippen MR) is 78.1 cm³/mol. The molecule has 0 saturated carbocycles. The lowest BCUT2D eigenvalue weighted by Gasteiger charge is -2.16. The number of amides is 1. The van der Waals surface area contributed by atoms with Crippen LogP contribution in [0.25, 0.3) is 0 Å². The summed E-state index contributed by atoms with van der Waals surface area (Å²) in [5.41, 5.74) is 0.813. The Hall–Kier alpha value is -2.48. The third-order valence-corrected chi connectivity index (χ3v) is 2.93. The monoisotopic (exact) mass is 273 g/mol. The number of nitriles is 1. The molecule has 106 valence electrons. The van der Waals surface area contributed by atoms with Gasteiger partial charge in [-0.3, -0.25) is 4.79 Å². The van der Waals surface area contributed by atoms with Gasteiger partial charge < -0.3 is 15.3 Å². The highest BCUT2D eigenvalue weighted by molar-refractivity contribution is 5.97. The Labute approximate surface area is 119 Å². The number of carbonyl (C=O) groups excluding carboxylic acids is 1. The van der Waals surface area contributed by atoms with Crippen LogP contribution >= 0.6 is 0 Å². The molecule has 0 aromatic heterocycles. The molecule has 0 aliphatic carbocycles. The van der Waals surface area contributed by atoms with Crippen LogP contribution in [0, 0.1) is 11.3 Å². The van der Waals surface area contributed by atoms with E-state index in [2.05, 4.69) is 5.32 Å². The number of phenolic OH excluding ortho intramolecular Hbond substituents is 1. The molecule has 0 saturated heterocycles. The summed E-state index contributed by atoms with van der Waals surface area (Å²) in [6.45, 7) is 3.85. The van der Waals surface area contributed by atoms with Gasteiger partial charge in [0, 0.05) is 25.0 Å². The first-order valence-electron chi connectivity index (χ1n) is 6.42. The van der Waals surface area contributed by atoms with E-state index in [-0.39, 0.29) is 23.3 Å². The van der Waals surface area contributed by atoms with Gasteiger partial charge in [-0.15, -0.1) is 0 Å². The van der Waals surface area contributed by atoms with E-state index in [1.165, 1.54) is 6.20 Å². The van der Waals surface area contributed by atoms with E-state index in [1.54, 1.807) is 36.2 Å². The second-order valence-electron chi connectivity index (χ2n) is 4.56. The molecule has 0 aliphatic heterocycles. The van der Waals surface area contributed by atoms with Crippen LogP contribution < -0.4 is 10.2 Å². The summed E-state index contributed by atoms with van der Waals surface area (Å²) in [5, 5.41) is 21.1. The van der Waals surface area contributed by atoms with E-state index in [4.69, 9.17) is 5.26 Å². The summed E-state index contributed by atoms with van der Waals surface area (Å²) in [7, 11) is 1.74. The summed E-state index contributed by atoms with van der Waals surface area (Å²) >= 11 is 0. The van der Waals surface area contributed by atoms with E-state index >= 15 is 0 Å². The molecule has 20 heavy (non-hydrogen) atoms. The third kappa shape index (κ3) is 4.32. The Kier molecular flexibility index (Phi) is 5.60. The number of nitrogens with one attached hydrogen (secondary N) is 1. The van der Waals surface area contributed by atoms with Crippen molar-refractivity contribution in [2.75, 3.05) is 11.9 Å². The van der Waals surface area contributed by atoms with Crippen LogP contribution in [0.15, 0.2) is 36.0 Å². The molecule has 5 heteroatoms. The molecule has 0 heterocycles. The van der Waals surface area contributed by atoms with Crippen molar-refractivity contribution in [3.8, 4) is 11.8 Å². The number of aromatic hydroxyl groups is 1. The quantitative estimate of drug-likeness (QED) is 0.636. The molecule has 1 aromatic carbocycles. The lowest BCUT2D eigenvalue weighted by molar-refractivity contribution is -0.117. The van der Waals surface area contributed by atoms with Crippen molar-refractivity contribution in [3.05, 3.63) is 36.0 Å². The SMILES string of the molecule is CCC(C)NC(=O)/C(C#N)=C\N(C)c1ccc(O)cc1. The van der Waals surface area contributed by atoms with Gasteiger partial charge in [0.1, 0.15) is 17.4 Å². The van der Waals surface area contributed by atoms with Crippen LogP contribution in [0.2, 0.25) is 0 Å². The van der Waals surface area contributed by atoms with Crippen molar-refractivity contribution in [2.24, 2.45) is 0 Å². The van der Waals surface area contributed by atoms with Crippen molar-refractivity contribution in [1.29, 1.82) is 5.26 Å². The normalized spacial score (nSPS) is 12.4. The molecule has 1 atom stereocenters. The standard InChI is InChI=1S/C15H19N3O2/c1-4-11(2)17-15(20)12(9-16)10-18(3)13-5-7-14(19)8-6-13/h5-8,10-11,19H,4H2,1-3H3,(H,17,20)/b12-10-. The number of anilines is 1. The smallest absolute Gasteiger partial charge is 0.263 e. The van der Waals surface area contributed by atoms with Gasteiger partial charge in [0.15, 0.2) is 0 Å². The van der Waals surface area contributed by atoms with Gasteiger partial charge >= 0.3 is 0 Å². The van der Waals surface area contributed by atoms with Crippen molar-refractivity contribution in [2.45, 2.75) is 26.3 Å². The molecule has 1 aromatic rings. The fourth-order valence-corrected chi connectivity index (χ4v) is 1.50. The average molecular weight is 273 g/mol. The molecule has 0 aliphatic rings. The van der Waals surface area contributed by atoms with Crippen LogP contribution in [0.1, 0.15) is 20.3 Å². The Balaban J connectivity index is 2.86. The number of nitrogens with zero attached hydrogens (tertiary/aromatic N) is 2. The molecule has 1 unspecified atom stereocenters. The van der Waals surface area contributed by atoms with Crippen molar-refractivity contribution >= 4 is 11.6 Å². The number of carbonyl (C=O) groups is 1. The van der Waals surface area contributed by atoms with Crippen molar-refractivity contribution in [1.82, 2.24) is 5.32 Å². The van der Waals surface area contributed by atoms with Crippen LogP contribution in [-0.4, -0.2) is 24.1 Å². The molecule has 1 amide bonds. The molecule has 1 rings (SSSR count). The maximum atomic E-state index is 11.9. The fraction of sp³-hybridized carbons (Fsp3) is 0.333. The van der Waals surface area contributed by atoms with Gasteiger partial charge in [-0.1, -0.05) is 6.92 Å². The van der Waals surface area contributed by atoms with Crippen LogP contribution in [0.3, 0.4) is 0 Å². The number of hydrogen-bond acceptors (Lipinski definition) is 4. The van der Waals surface area contributed by atoms with Gasteiger partial charge in [0.05, 0.1) is 0 Å². The number of rotatable bonds is 5. The fourth-order valence-electron chi connectivity index (χ4n) is 1.50. The van der Waals surface area contributed by atoms with E-state index < -0.39 is 0 Å². The highest BCUT2D eigenvalue weighted by Crippen LogP contribution is 2.18. The molecule has 0 spiro atoms. The van der Waals surface area contributed by atoms with Crippen LogP contribution in [-0.2, 0) is 4.79 Å². The van der Waals surface area contributed by atoms with E-state index in [0.29, 0.717) is 0 Å². The maximum Gasteiger partial charge on any atom is 0.263 e. The van der Waals surface area contributed by atoms with Crippen molar-refractivity contribution in [3.63, 3.8) is 0 Å². The summed E-state index contributed by atoms with van der Waals surface area (Å²) in [6.07, 6.45) is 2.28. The van der Waals surface area contributed by atoms with E-state index in [1.807, 2.05) is 19.9 Å². The number of benzene rings is 1. The summed E-state index contributed by atoms with van der Waals surface area (Å²) in [4.78, 5) is 13.6. The summed E-state index contributed by atoms with van der Waals surface area (Å²) in [5.74, 6) is -0.214. The summed E-state index contributed by atoms with van der Waals surface area (Å²) in [6, 6.07) is 8.42. The molecule has 2 N–H and O–H groups in total. The third-order valence-electron chi connectivity index (χ3n) is 2.93. The maximum absolute atomic E-state index is 11.9. The Bertz CT molecular complexity index is 529. The second-order valence-corrected chi connectivity index (χ2v) is 4.56. The minimum atomic E-state index is -0.382. The lowest BCUT2D eigenvalue weighted by Crippen LogP contribution is -2.33. The zero-order valence-electron chi connectivity index (χ0n) is 11.9. The van der Waals surface area contributed by atoms with Crippen molar-refractivity contribution < 1.29 is 9.90 Å². The van der Waals surface area contributed by atoms with Gasteiger partial charge in [-0.2, -0.15) is 5.26 Å². The molecule has 0 radical (unpaired) electrons. The molecular formula is C15H19N3O2. The van der Waals surface area contributed by atoms with Crippen LogP contribution in [0.4, 0.5) is 5.69 Å². The predicted octanol–water partition coefficient (Wildman–Crippen LogP) is 2.15. The zero-order valence-corrected chi connectivity index (χ0v) is 11.9. The largest absolute Gasteiger partial charge is 0.508 e. The average Bonchev–Trinajstić information content (AvgIpc) is 2.44. The first-order valence-corrected chi connectivity index (χ1v) is 6.42. The van der Waals surface area contributed by atoms with Gasteiger partial charge in [0.25, 0.3) is 5.91 Å². The second kappa shape index (κ2) is 7.19. The highest BCUT2D eigenvalue weighted by Gasteiger charge is 2.12. The van der Waals surface area contributed by atoms with Gasteiger partial charge in [0.2, 0.25) is 0 Å². The molecule has 5 nitrogen and oxygen atoms in total. The summed E-state index contributed by atoms with van der Waals surface area (Å²) < 4.78 is 0. The van der Waals surface area contributed by atoms with Gasteiger partial charge in [-0.05, 0) is 37.6 Å². The Morgan fingerprint density at radius 3 is 2.60 bits per heavy atom. The first kappa shape index (κ1) is 15.6. The van der Waals surface area contributed by atoms with E-state index in [9.17, 15) is 9.90 Å².